The molecule has 7 aromatic carbocycles. The fourth-order valence-electron chi connectivity index (χ4n) is 8.09. The van der Waals surface area contributed by atoms with E-state index in [1.54, 1.807) is 0 Å². The van der Waals surface area contributed by atoms with Crippen molar-refractivity contribution in [3.63, 3.8) is 0 Å². The smallest absolute Gasteiger partial charge is 0.135 e. The van der Waals surface area contributed by atoms with Crippen LogP contribution in [0, 0.1) is 0 Å². The van der Waals surface area contributed by atoms with Gasteiger partial charge in [-0.15, -0.1) is 0 Å². The predicted octanol–water partition coefficient (Wildman–Crippen LogP) is 10.6. The average molecular weight is 533 g/mol. The molecule has 1 heterocycles. The monoisotopic (exact) mass is 532 g/mol. The maximum absolute atomic E-state index is 6.41. The Kier molecular flexibility index (Phi) is 4.18. The van der Waals surface area contributed by atoms with Crippen LogP contribution in [-0.2, 0) is 5.41 Å². The molecule has 0 atom stereocenters. The Bertz CT molecular complexity index is 2230. The third-order valence-corrected chi connectivity index (χ3v) is 9.71. The van der Waals surface area contributed by atoms with Crippen molar-refractivity contribution in [3.05, 3.63) is 168 Å². The van der Waals surface area contributed by atoms with E-state index in [1.807, 2.05) is 6.07 Å². The first kappa shape index (κ1) is 22.3. The third-order valence-electron chi connectivity index (χ3n) is 9.71. The van der Waals surface area contributed by atoms with Gasteiger partial charge in [0.15, 0.2) is 0 Å². The van der Waals surface area contributed by atoms with Gasteiger partial charge in [-0.2, -0.15) is 0 Å². The molecule has 194 valence electrons. The second kappa shape index (κ2) is 7.87. The van der Waals surface area contributed by atoms with E-state index in [2.05, 4.69) is 140 Å². The summed E-state index contributed by atoms with van der Waals surface area (Å²) in [5.41, 5.74) is 15.3. The third kappa shape index (κ3) is 2.60. The molecule has 0 N–H and O–H groups in total. The first-order valence-corrected chi connectivity index (χ1v) is 14.6. The van der Waals surface area contributed by atoms with Crippen LogP contribution >= 0.6 is 0 Å². The summed E-state index contributed by atoms with van der Waals surface area (Å²) in [4.78, 5) is 0. The van der Waals surface area contributed by atoms with Gasteiger partial charge < -0.3 is 4.74 Å². The lowest BCUT2D eigenvalue weighted by Gasteiger charge is -2.30. The van der Waals surface area contributed by atoms with E-state index in [0.717, 1.165) is 17.1 Å². The molecule has 0 saturated carbocycles. The molecule has 0 aromatic heterocycles. The largest absolute Gasteiger partial charge is 0.456 e. The molecule has 0 fully saturated rings. The molecule has 42 heavy (non-hydrogen) atoms. The van der Waals surface area contributed by atoms with Gasteiger partial charge in [-0.25, -0.2) is 0 Å². The number of rotatable bonds is 1. The molecule has 0 amide bonds. The van der Waals surface area contributed by atoms with Gasteiger partial charge in [0.2, 0.25) is 0 Å². The molecule has 10 rings (SSSR count). The van der Waals surface area contributed by atoms with Gasteiger partial charge in [0.25, 0.3) is 0 Å². The van der Waals surface area contributed by atoms with Crippen LogP contribution in [0.1, 0.15) is 22.3 Å². The zero-order valence-corrected chi connectivity index (χ0v) is 22.8. The Morgan fingerprint density at radius 2 is 0.905 bits per heavy atom. The first-order valence-electron chi connectivity index (χ1n) is 14.6. The van der Waals surface area contributed by atoms with E-state index >= 15 is 0 Å². The quantitative estimate of drug-likeness (QED) is 0.204. The molecule has 0 radical (unpaired) electrons. The van der Waals surface area contributed by atoms with Gasteiger partial charge in [-0.1, -0.05) is 127 Å². The number of ether oxygens (including phenoxy) is 1. The second-order valence-corrected chi connectivity index (χ2v) is 11.6. The Balaban J connectivity index is 1.28. The zero-order chi connectivity index (χ0) is 27.4. The molecule has 1 heteroatoms. The first-order chi connectivity index (χ1) is 20.8. The summed E-state index contributed by atoms with van der Waals surface area (Å²) >= 11 is 0. The highest BCUT2D eigenvalue weighted by Crippen LogP contribution is 2.63. The van der Waals surface area contributed by atoms with Crippen LogP contribution in [0.25, 0.3) is 55.3 Å². The number of fused-ring (bicyclic) bond motifs is 12. The summed E-state index contributed by atoms with van der Waals surface area (Å²) in [5, 5.41) is 2.40. The normalized spacial score (nSPS) is 14.1. The van der Waals surface area contributed by atoms with Gasteiger partial charge in [-0.05, 0) is 84.8 Å². The van der Waals surface area contributed by atoms with Crippen LogP contribution < -0.4 is 4.74 Å². The minimum absolute atomic E-state index is 0.344. The van der Waals surface area contributed by atoms with Gasteiger partial charge in [0.1, 0.15) is 11.5 Å². The number of hydrogen-bond acceptors (Lipinski definition) is 1. The Morgan fingerprint density at radius 3 is 1.60 bits per heavy atom. The summed E-state index contributed by atoms with van der Waals surface area (Å²) in [7, 11) is 0. The molecule has 0 saturated heterocycles. The molecule has 7 aromatic rings. The molecule has 0 bridgehead atoms. The van der Waals surface area contributed by atoms with Crippen LogP contribution in [0.2, 0.25) is 0 Å². The molecule has 0 unspecified atom stereocenters. The average Bonchev–Trinajstić information content (AvgIpc) is 3.52. The molecule has 1 aliphatic heterocycles. The molecule has 3 aliphatic rings. The van der Waals surface area contributed by atoms with E-state index in [9.17, 15) is 0 Å². The van der Waals surface area contributed by atoms with Gasteiger partial charge in [0, 0.05) is 10.9 Å². The fourth-order valence-corrected chi connectivity index (χ4v) is 8.09. The summed E-state index contributed by atoms with van der Waals surface area (Å²) < 4.78 is 6.41. The van der Waals surface area contributed by atoms with E-state index in [1.165, 1.54) is 72.0 Å². The highest BCUT2D eigenvalue weighted by Gasteiger charge is 2.51. The van der Waals surface area contributed by atoms with Crippen molar-refractivity contribution in [2.75, 3.05) is 0 Å². The van der Waals surface area contributed by atoms with E-state index in [4.69, 9.17) is 4.74 Å². The van der Waals surface area contributed by atoms with Crippen molar-refractivity contribution >= 4 is 10.8 Å². The lowest BCUT2D eigenvalue weighted by molar-refractivity contribution is 0.487. The lowest BCUT2D eigenvalue weighted by atomic mass is 9.70. The topological polar surface area (TPSA) is 9.23 Å². The van der Waals surface area contributed by atoms with E-state index in [0.29, 0.717) is 0 Å². The van der Waals surface area contributed by atoms with Crippen LogP contribution in [-0.4, -0.2) is 0 Å². The highest BCUT2D eigenvalue weighted by atomic mass is 16.5. The van der Waals surface area contributed by atoms with Crippen LogP contribution in [0.4, 0.5) is 0 Å². The fraction of sp³-hybridized carbons (Fsp3) is 0.0244. The molecular weight excluding hydrogens is 508 g/mol. The van der Waals surface area contributed by atoms with Crippen LogP contribution in [0.3, 0.4) is 0 Å². The SMILES string of the molecule is c1ccc2c(c1)Oc1ccc(-c3ccc4c(c3)C3(c5ccccc5-c5ccccc53)c3ccccc3-4)c3cccc-2c13. The minimum atomic E-state index is -0.344. The molecule has 2 aliphatic carbocycles. The summed E-state index contributed by atoms with van der Waals surface area (Å²) in [6.45, 7) is 0. The highest BCUT2D eigenvalue weighted by molar-refractivity contribution is 6.10. The van der Waals surface area contributed by atoms with Crippen molar-refractivity contribution < 1.29 is 4.74 Å². The summed E-state index contributed by atoms with van der Waals surface area (Å²) in [5.74, 6) is 1.84. The molecule has 1 spiro atoms. The standard InChI is InChI=1S/C41H24O/c1-5-16-34-27(10-1)28-11-2-6-17-35(28)41(34)36-18-7-3-12-29(36)30-21-20-25(24-37(30)41)26-22-23-39-40-32(26)14-9-15-33(40)31-13-4-8-19-38(31)42-39/h1-24H. The van der Waals surface area contributed by atoms with Crippen LogP contribution in [0.5, 0.6) is 11.5 Å². The summed E-state index contributed by atoms with van der Waals surface area (Å²) in [6, 6.07) is 53.5. The second-order valence-electron chi connectivity index (χ2n) is 11.6. The number of hydrogen-bond donors (Lipinski definition) is 0. The number of para-hydroxylation sites is 1. The van der Waals surface area contributed by atoms with Crippen molar-refractivity contribution in [2.24, 2.45) is 0 Å². The van der Waals surface area contributed by atoms with Crippen molar-refractivity contribution in [3.8, 4) is 56.0 Å². The van der Waals surface area contributed by atoms with E-state index in [-0.39, 0.29) is 5.41 Å². The predicted molar refractivity (Wildman–Crippen MR) is 171 cm³/mol. The number of benzene rings is 7. The van der Waals surface area contributed by atoms with Crippen molar-refractivity contribution in [2.45, 2.75) is 5.41 Å². The molecule has 1 nitrogen and oxygen atoms in total. The zero-order valence-electron chi connectivity index (χ0n) is 22.8. The molecular formula is C41H24O. The van der Waals surface area contributed by atoms with Gasteiger partial charge in [0.05, 0.1) is 5.41 Å². The Hall–Kier alpha value is -5.40. The summed E-state index contributed by atoms with van der Waals surface area (Å²) in [6.07, 6.45) is 0. The van der Waals surface area contributed by atoms with Gasteiger partial charge in [-0.3, -0.25) is 0 Å². The maximum atomic E-state index is 6.41. The van der Waals surface area contributed by atoms with Crippen molar-refractivity contribution in [1.29, 1.82) is 0 Å². The maximum Gasteiger partial charge on any atom is 0.135 e. The Labute approximate surface area is 244 Å². The van der Waals surface area contributed by atoms with Crippen LogP contribution in [0.15, 0.2) is 146 Å². The van der Waals surface area contributed by atoms with E-state index < -0.39 is 0 Å². The van der Waals surface area contributed by atoms with Crippen molar-refractivity contribution in [1.82, 2.24) is 0 Å². The lowest BCUT2D eigenvalue weighted by Crippen LogP contribution is -2.25. The van der Waals surface area contributed by atoms with Gasteiger partial charge >= 0.3 is 0 Å². The Morgan fingerprint density at radius 1 is 0.357 bits per heavy atom. The minimum Gasteiger partial charge on any atom is -0.456 e.